The molecular weight excluding hydrogens is 301 g/mol. The maximum Gasteiger partial charge on any atom is 0.254 e. The van der Waals surface area contributed by atoms with Crippen LogP contribution in [0.25, 0.3) is 0 Å². The van der Waals surface area contributed by atoms with Crippen LogP contribution in [0.3, 0.4) is 0 Å². The molecule has 1 aromatic carbocycles. The van der Waals surface area contributed by atoms with E-state index >= 15 is 0 Å². The third-order valence-electron chi connectivity index (χ3n) is 2.23. The van der Waals surface area contributed by atoms with Crippen molar-refractivity contribution in [3.05, 3.63) is 34.1 Å². The number of amides is 1. The fraction of sp³-hybridized carbons (Fsp3) is 0.462. The Morgan fingerprint density at radius 3 is 2.83 bits per heavy atom. The maximum atomic E-state index is 13.5. The third-order valence-corrected chi connectivity index (χ3v) is 2.73. The maximum absolute atomic E-state index is 13.5. The van der Waals surface area contributed by atoms with Gasteiger partial charge >= 0.3 is 0 Å². The van der Waals surface area contributed by atoms with E-state index in [4.69, 9.17) is 4.74 Å². The van der Waals surface area contributed by atoms with Gasteiger partial charge in [-0.15, -0.1) is 0 Å². The van der Waals surface area contributed by atoms with Gasteiger partial charge in [0.1, 0.15) is 5.82 Å². The molecule has 1 amide bonds. The Labute approximate surface area is 115 Å². The van der Waals surface area contributed by atoms with Crippen molar-refractivity contribution in [3.8, 4) is 0 Å². The highest BCUT2D eigenvalue weighted by Gasteiger charge is 2.10. The monoisotopic (exact) mass is 317 g/mol. The minimum atomic E-state index is -0.527. The van der Waals surface area contributed by atoms with E-state index in [0.717, 1.165) is 0 Å². The third kappa shape index (κ3) is 5.14. The molecule has 3 nitrogen and oxygen atoms in total. The molecule has 18 heavy (non-hydrogen) atoms. The number of hydrogen-bond donors (Lipinski definition) is 1. The van der Waals surface area contributed by atoms with E-state index in [-0.39, 0.29) is 11.7 Å². The average molecular weight is 318 g/mol. The summed E-state index contributed by atoms with van der Waals surface area (Å²) >= 11 is 3.14. The van der Waals surface area contributed by atoms with Gasteiger partial charge in [-0.05, 0) is 38.5 Å². The molecule has 0 spiro atoms. The standard InChI is InChI=1S/C13H17BrFNO2/c1-9(2)18-7-3-6-16-13(17)11-5-4-10(14)8-12(11)15/h4-5,8-9H,3,6-7H2,1-2H3,(H,16,17). The van der Waals surface area contributed by atoms with E-state index in [1.54, 1.807) is 6.07 Å². The lowest BCUT2D eigenvalue weighted by Gasteiger charge is -2.08. The Morgan fingerprint density at radius 2 is 2.22 bits per heavy atom. The Bertz CT molecular complexity index is 410. The number of halogens is 2. The number of hydrogen-bond acceptors (Lipinski definition) is 2. The van der Waals surface area contributed by atoms with E-state index < -0.39 is 11.7 Å². The van der Waals surface area contributed by atoms with Gasteiger partial charge in [-0.3, -0.25) is 4.79 Å². The fourth-order valence-electron chi connectivity index (χ4n) is 1.36. The van der Waals surface area contributed by atoms with Crippen LogP contribution in [0.15, 0.2) is 22.7 Å². The lowest BCUT2D eigenvalue weighted by atomic mass is 10.2. The highest BCUT2D eigenvalue weighted by atomic mass is 79.9. The number of nitrogens with one attached hydrogen (secondary N) is 1. The molecular formula is C13H17BrFNO2. The number of rotatable bonds is 6. The van der Waals surface area contributed by atoms with E-state index in [1.165, 1.54) is 12.1 Å². The Hall–Kier alpha value is -0.940. The van der Waals surface area contributed by atoms with Gasteiger partial charge in [0.05, 0.1) is 11.7 Å². The molecule has 0 saturated carbocycles. The number of carbonyl (C=O) groups excluding carboxylic acids is 1. The summed E-state index contributed by atoms with van der Waals surface area (Å²) < 4.78 is 19.4. The molecule has 0 radical (unpaired) electrons. The van der Waals surface area contributed by atoms with Crippen LogP contribution in [-0.2, 0) is 4.74 Å². The van der Waals surface area contributed by atoms with Gasteiger partial charge < -0.3 is 10.1 Å². The molecule has 1 aromatic rings. The summed E-state index contributed by atoms with van der Waals surface area (Å²) in [5.41, 5.74) is 0.0583. The molecule has 0 aliphatic heterocycles. The van der Waals surface area contributed by atoms with Gasteiger partial charge in [-0.25, -0.2) is 4.39 Å². The second-order valence-corrected chi connectivity index (χ2v) is 5.07. The van der Waals surface area contributed by atoms with E-state index in [1.807, 2.05) is 13.8 Å². The van der Waals surface area contributed by atoms with Gasteiger partial charge in [0.15, 0.2) is 0 Å². The molecule has 0 saturated heterocycles. The predicted octanol–water partition coefficient (Wildman–Crippen LogP) is 3.13. The zero-order chi connectivity index (χ0) is 13.5. The van der Waals surface area contributed by atoms with Crippen molar-refractivity contribution in [2.75, 3.05) is 13.2 Å². The van der Waals surface area contributed by atoms with Crippen molar-refractivity contribution >= 4 is 21.8 Å². The van der Waals surface area contributed by atoms with Crippen LogP contribution >= 0.6 is 15.9 Å². The highest BCUT2D eigenvalue weighted by molar-refractivity contribution is 9.10. The molecule has 0 heterocycles. The Balaban J connectivity index is 2.36. The van der Waals surface area contributed by atoms with Crippen LogP contribution in [0.1, 0.15) is 30.6 Å². The molecule has 100 valence electrons. The number of carbonyl (C=O) groups is 1. The summed E-state index contributed by atoms with van der Waals surface area (Å²) in [6, 6.07) is 4.37. The second-order valence-electron chi connectivity index (χ2n) is 4.15. The van der Waals surface area contributed by atoms with Crippen LogP contribution in [0.4, 0.5) is 4.39 Å². The molecule has 0 aliphatic carbocycles. The summed E-state index contributed by atoms with van der Waals surface area (Å²) in [4.78, 5) is 11.7. The first kappa shape index (κ1) is 15.1. The second kappa shape index (κ2) is 7.48. The Morgan fingerprint density at radius 1 is 1.50 bits per heavy atom. The highest BCUT2D eigenvalue weighted by Crippen LogP contribution is 2.15. The molecule has 0 fully saturated rings. The molecule has 0 aliphatic rings. The van der Waals surface area contributed by atoms with Crippen LogP contribution in [-0.4, -0.2) is 25.2 Å². The van der Waals surface area contributed by atoms with Crippen molar-refractivity contribution in [2.24, 2.45) is 0 Å². The summed E-state index contributed by atoms with van der Waals surface area (Å²) in [6.45, 7) is 4.97. The van der Waals surface area contributed by atoms with Crippen molar-refractivity contribution in [2.45, 2.75) is 26.4 Å². The average Bonchev–Trinajstić information content (AvgIpc) is 2.27. The van der Waals surface area contributed by atoms with Crippen LogP contribution in [0, 0.1) is 5.82 Å². The van der Waals surface area contributed by atoms with Crippen molar-refractivity contribution in [1.29, 1.82) is 0 Å². The lowest BCUT2D eigenvalue weighted by molar-refractivity contribution is 0.0756. The minimum absolute atomic E-state index is 0.0583. The molecule has 1 N–H and O–H groups in total. The van der Waals surface area contributed by atoms with Crippen molar-refractivity contribution < 1.29 is 13.9 Å². The fourth-order valence-corrected chi connectivity index (χ4v) is 1.70. The summed E-state index contributed by atoms with van der Waals surface area (Å²) in [6.07, 6.45) is 0.895. The molecule has 0 unspecified atom stereocenters. The molecule has 1 rings (SSSR count). The summed E-state index contributed by atoms with van der Waals surface area (Å²) in [7, 11) is 0. The predicted molar refractivity (Wildman–Crippen MR) is 72.1 cm³/mol. The van der Waals surface area contributed by atoms with Gasteiger partial charge in [-0.1, -0.05) is 15.9 Å². The molecule has 0 atom stereocenters. The van der Waals surface area contributed by atoms with Crippen molar-refractivity contribution in [1.82, 2.24) is 5.32 Å². The normalized spacial score (nSPS) is 10.7. The van der Waals surface area contributed by atoms with Crippen LogP contribution < -0.4 is 5.32 Å². The first-order valence-corrected chi connectivity index (χ1v) is 6.65. The van der Waals surface area contributed by atoms with Crippen LogP contribution in [0.2, 0.25) is 0 Å². The van der Waals surface area contributed by atoms with E-state index in [2.05, 4.69) is 21.2 Å². The van der Waals surface area contributed by atoms with E-state index in [9.17, 15) is 9.18 Å². The van der Waals surface area contributed by atoms with Crippen molar-refractivity contribution in [3.63, 3.8) is 0 Å². The number of ether oxygens (including phenoxy) is 1. The molecule has 0 bridgehead atoms. The molecule has 0 aromatic heterocycles. The zero-order valence-corrected chi connectivity index (χ0v) is 12.1. The first-order chi connectivity index (χ1) is 8.50. The Kier molecular flexibility index (Phi) is 6.29. The SMILES string of the molecule is CC(C)OCCCNC(=O)c1ccc(Br)cc1F. The first-order valence-electron chi connectivity index (χ1n) is 5.85. The number of benzene rings is 1. The summed E-state index contributed by atoms with van der Waals surface area (Å²) in [5, 5.41) is 2.66. The summed E-state index contributed by atoms with van der Waals surface area (Å²) in [5.74, 6) is -0.926. The van der Waals surface area contributed by atoms with Crippen LogP contribution in [0.5, 0.6) is 0 Å². The van der Waals surface area contributed by atoms with E-state index in [0.29, 0.717) is 24.0 Å². The zero-order valence-electron chi connectivity index (χ0n) is 10.5. The van der Waals surface area contributed by atoms with Gasteiger partial charge in [0.25, 0.3) is 5.91 Å². The van der Waals surface area contributed by atoms with Gasteiger partial charge in [-0.2, -0.15) is 0 Å². The lowest BCUT2D eigenvalue weighted by Crippen LogP contribution is -2.26. The topological polar surface area (TPSA) is 38.3 Å². The van der Waals surface area contributed by atoms with Gasteiger partial charge in [0.2, 0.25) is 0 Å². The molecule has 5 heteroatoms. The largest absolute Gasteiger partial charge is 0.379 e. The quantitative estimate of drug-likeness (QED) is 0.819. The smallest absolute Gasteiger partial charge is 0.254 e. The van der Waals surface area contributed by atoms with Gasteiger partial charge in [0, 0.05) is 17.6 Å². The minimum Gasteiger partial charge on any atom is -0.379 e.